The van der Waals surface area contributed by atoms with Gasteiger partial charge in [-0.1, -0.05) is 28.1 Å². The number of rotatable bonds is 5. The summed E-state index contributed by atoms with van der Waals surface area (Å²) in [4.78, 5) is 12.2. The summed E-state index contributed by atoms with van der Waals surface area (Å²) in [7, 11) is 3.15. The first-order valence-electron chi connectivity index (χ1n) is 7.55. The van der Waals surface area contributed by atoms with Crippen LogP contribution in [-0.4, -0.2) is 26.9 Å². The summed E-state index contributed by atoms with van der Waals surface area (Å²) >= 11 is 3.41. The molecular weight excluding hydrogens is 388 g/mol. The lowest BCUT2D eigenvalue weighted by Gasteiger charge is -2.14. The Morgan fingerprint density at radius 3 is 2.64 bits per heavy atom. The van der Waals surface area contributed by atoms with Gasteiger partial charge in [0.2, 0.25) is 0 Å². The van der Waals surface area contributed by atoms with Gasteiger partial charge < -0.3 is 9.47 Å². The zero-order valence-corrected chi connectivity index (χ0v) is 15.6. The maximum absolute atomic E-state index is 12.2. The zero-order chi connectivity index (χ0) is 18.0. The Morgan fingerprint density at radius 2 is 1.96 bits per heavy atom. The highest BCUT2D eigenvalue weighted by Crippen LogP contribution is 2.31. The highest BCUT2D eigenvalue weighted by Gasteiger charge is 2.14. The smallest absolute Gasteiger partial charge is 0.368 e. The van der Waals surface area contributed by atoms with E-state index in [-0.39, 0.29) is 12.3 Å². The highest BCUT2D eigenvalue weighted by atomic mass is 79.9. The lowest BCUT2D eigenvalue weighted by atomic mass is 10.1. The number of nitrogens with zero attached hydrogens (tertiary/aromatic N) is 4. The molecule has 0 aliphatic rings. The van der Waals surface area contributed by atoms with E-state index in [0.29, 0.717) is 17.2 Å². The molecule has 1 heterocycles. The first kappa shape index (κ1) is 17.2. The summed E-state index contributed by atoms with van der Waals surface area (Å²) in [6.07, 6.45) is 0. The van der Waals surface area contributed by atoms with E-state index >= 15 is 0 Å². The van der Waals surface area contributed by atoms with E-state index in [4.69, 9.17) is 9.47 Å². The molecule has 0 saturated heterocycles. The Labute approximate surface area is 152 Å². The molecule has 0 bridgehead atoms. The second-order valence-corrected chi connectivity index (χ2v) is 6.37. The van der Waals surface area contributed by atoms with Gasteiger partial charge in [-0.2, -0.15) is 9.36 Å². The second-order valence-electron chi connectivity index (χ2n) is 5.45. The third-order valence-electron chi connectivity index (χ3n) is 3.83. The molecule has 7 nitrogen and oxygen atoms in total. The van der Waals surface area contributed by atoms with Crippen molar-refractivity contribution in [1.82, 2.24) is 19.8 Å². The molecule has 3 aromatic rings. The van der Waals surface area contributed by atoms with Gasteiger partial charge >= 0.3 is 5.69 Å². The van der Waals surface area contributed by atoms with Crippen molar-refractivity contribution in [2.24, 2.45) is 7.05 Å². The molecule has 0 radical (unpaired) electrons. The van der Waals surface area contributed by atoms with Crippen molar-refractivity contribution in [3.05, 3.63) is 62.5 Å². The van der Waals surface area contributed by atoms with Gasteiger partial charge in [-0.25, -0.2) is 4.79 Å². The van der Waals surface area contributed by atoms with Crippen molar-refractivity contribution in [2.45, 2.75) is 13.5 Å². The van der Waals surface area contributed by atoms with Gasteiger partial charge in [0, 0.05) is 17.1 Å². The third kappa shape index (κ3) is 3.43. The minimum absolute atomic E-state index is 0.267. The number of benzene rings is 2. The Morgan fingerprint density at radius 1 is 1.16 bits per heavy atom. The van der Waals surface area contributed by atoms with Gasteiger partial charge in [0.15, 0.2) is 11.5 Å². The standard InChI is InChI=1S/C17H17BrN4O3/c1-11-5-4-6-14(22-17(23)21(2)19-20-22)13(11)10-25-15-8-7-12(18)9-16(15)24-3/h4-9H,10H2,1-3H3. The molecule has 1 aromatic heterocycles. The number of tetrazole rings is 1. The first-order valence-corrected chi connectivity index (χ1v) is 8.34. The molecule has 0 unspecified atom stereocenters. The summed E-state index contributed by atoms with van der Waals surface area (Å²) in [6, 6.07) is 11.2. The molecule has 0 fully saturated rings. The Kier molecular flexibility index (Phi) is 4.89. The molecule has 130 valence electrons. The summed E-state index contributed by atoms with van der Waals surface area (Å²) in [5.41, 5.74) is 2.18. The fraction of sp³-hybridized carbons (Fsp3) is 0.235. The van der Waals surface area contributed by atoms with Crippen molar-refractivity contribution < 1.29 is 9.47 Å². The summed E-state index contributed by atoms with van der Waals surface area (Å²) in [6.45, 7) is 2.23. The number of aryl methyl sites for hydroxylation is 2. The molecule has 8 heteroatoms. The lowest BCUT2D eigenvalue weighted by Crippen LogP contribution is -2.23. The molecule has 0 spiro atoms. The zero-order valence-electron chi connectivity index (χ0n) is 14.1. The van der Waals surface area contributed by atoms with Crippen LogP contribution in [0.25, 0.3) is 5.69 Å². The van der Waals surface area contributed by atoms with Gasteiger partial charge in [-0.05, 0) is 47.2 Å². The minimum atomic E-state index is -0.312. The van der Waals surface area contributed by atoms with Crippen LogP contribution in [0, 0.1) is 6.92 Å². The van der Waals surface area contributed by atoms with E-state index in [0.717, 1.165) is 15.6 Å². The van der Waals surface area contributed by atoms with Crippen molar-refractivity contribution in [3.63, 3.8) is 0 Å². The molecule has 0 N–H and O–H groups in total. The lowest BCUT2D eigenvalue weighted by molar-refractivity contribution is 0.283. The normalized spacial score (nSPS) is 10.7. The Balaban J connectivity index is 1.96. The number of halogens is 1. The van der Waals surface area contributed by atoms with Crippen LogP contribution in [0.15, 0.2) is 45.7 Å². The number of ether oxygens (including phenoxy) is 2. The van der Waals surface area contributed by atoms with Crippen molar-refractivity contribution in [3.8, 4) is 17.2 Å². The van der Waals surface area contributed by atoms with Crippen LogP contribution >= 0.6 is 15.9 Å². The molecule has 0 aliphatic carbocycles. The maximum atomic E-state index is 12.2. The molecule has 0 atom stereocenters. The SMILES string of the molecule is COc1cc(Br)ccc1OCc1c(C)cccc1-n1nnn(C)c1=O. The third-order valence-corrected chi connectivity index (χ3v) is 4.33. The minimum Gasteiger partial charge on any atom is -0.493 e. The van der Waals surface area contributed by atoms with Crippen LogP contribution in [0.1, 0.15) is 11.1 Å². The second kappa shape index (κ2) is 7.10. The van der Waals surface area contributed by atoms with Gasteiger partial charge in [-0.3, -0.25) is 0 Å². The van der Waals surface area contributed by atoms with Crippen LogP contribution in [0.5, 0.6) is 11.5 Å². The first-order chi connectivity index (χ1) is 12.0. The van der Waals surface area contributed by atoms with Crippen LogP contribution in [0.4, 0.5) is 0 Å². The van der Waals surface area contributed by atoms with Gasteiger partial charge in [0.1, 0.15) is 6.61 Å². The molecule has 0 amide bonds. The van der Waals surface area contributed by atoms with Crippen LogP contribution < -0.4 is 15.2 Å². The summed E-state index contributed by atoms with van der Waals surface area (Å²) in [5, 5.41) is 7.69. The van der Waals surface area contributed by atoms with E-state index in [1.807, 2.05) is 43.3 Å². The van der Waals surface area contributed by atoms with E-state index in [1.54, 1.807) is 14.2 Å². The fourth-order valence-electron chi connectivity index (χ4n) is 2.45. The van der Waals surface area contributed by atoms with Gasteiger partial charge in [0.05, 0.1) is 12.8 Å². The number of hydrogen-bond acceptors (Lipinski definition) is 5. The molecule has 3 rings (SSSR count). The average Bonchev–Trinajstić information content (AvgIpc) is 2.93. The molecular formula is C17H17BrN4O3. The quantitative estimate of drug-likeness (QED) is 0.653. The average molecular weight is 405 g/mol. The fourth-order valence-corrected chi connectivity index (χ4v) is 2.79. The van der Waals surface area contributed by atoms with Crippen LogP contribution in [0.2, 0.25) is 0 Å². The van der Waals surface area contributed by atoms with E-state index in [1.165, 1.54) is 9.36 Å². The molecule has 0 saturated carbocycles. The summed E-state index contributed by atoms with van der Waals surface area (Å²) in [5.74, 6) is 1.24. The number of hydrogen-bond donors (Lipinski definition) is 0. The topological polar surface area (TPSA) is 71.2 Å². The van der Waals surface area contributed by atoms with Crippen LogP contribution in [0.3, 0.4) is 0 Å². The van der Waals surface area contributed by atoms with Crippen molar-refractivity contribution in [2.75, 3.05) is 7.11 Å². The monoisotopic (exact) mass is 404 g/mol. The number of aromatic nitrogens is 4. The van der Waals surface area contributed by atoms with E-state index < -0.39 is 0 Å². The number of methoxy groups -OCH3 is 1. The van der Waals surface area contributed by atoms with E-state index in [2.05, 4.69) is 26.4 Å². The molecule has 0 aliphatic heterocycles. The van der Waals surface area contributed by atoms with Gasteiger partial charge in [-0.15, -0.1) is 0 Å². The molecule has 25 heavy (non-hydrogen) atoms. The van der Waals surface area contributed by atoms with Crippen molar-refractivity contribution in [1.29, 1.82) is 0 Å². The van der Waals surface area contributed by atoms with E-state index in [9.17, 15) is 4.79 Å². The highest BCUT2D eigenvalue weighted by molar-refractivity contribution is 9.10. The largest absolute Gasteiger partial charge is 0.493 e. The molecule has 2 aromatic carbocycles. The van der Waals surface area contributed by atoms with Gasteiger partial charge in [0.25, 0.3) is 0 Å². The predicted molar refractivity (Wildman–Crippen MR) is 96.4 cm³/mol. The maximum Gasteiger partial charge on any atom is 0.368 e. The Hall–Kier alpha value is -2.61. The van der Waals surface area contributed by atoms with Crippen molar-refractivity contribution >= 4 is 15.9 Å². The van der Waals surface area contributed by atoms with Crippen LogP contribution in [-0.2, 0) is 13.7 Å². The Bertz CT molecular complexity index is 965. The summed E-state index contributed by atoms with van der Waals surface area (Å²) < 4.78 is 14.6. The predicted octanol–water partition coefficient (Wildman–Crippen LogP) is 2.62.